The number of carbonyl (C=O) groups is 2. The molecule has 3 heterocycles. The monoisotopic (exact) mass is 706 g/mol. The number of fused-ring (bicyclic) bond motifs is 1. The van der Waals surface area contributed by atoms with Gasteiger partial charge in [0.1, 0.15) is 53.0 Å². The number of carbonyl (C=O) groups excluding carboxylic acids is 2. The van der Waals surface area contributed by atoms with Crippen LogP contribution in [0.1, 0.15) is 20.8 Å². The van der Waals surface area contributed by atoms with Gasteiger partial charge in [-0.15, -0.1) is 0 Å². The normalized spacial score (nSPS) is 29.6. The molecular formula is C33H38O17. The molecule has 0 bridgehead atoms. The average Bonchev–Trinajstić information content (AvgIpc) is 3.07. The molecule has 0 radical (unpaired) electrons. The fourth-order valence-corrected chi connectivity index (χ4v) is 5.72. The Morgan fingerprint density at radius 3 is 2.10 bits per heavy atom. The first-order chi connectivity index (χ1) is 23.7. The van der Waals surface area contributed by atoms with E-state index in [0.717, 1.165) is 13.8 Å². The highest BCUT2D eigenvalue weighted by molar-refractivity contribution is 5.89. The molecule has 2 aromatic carbocycles. The van der Waals surface area contributed by atoms with Crippen LogP contribution in [-0.2, 0) is 33.3 Å². The van der Waals surface area contributed by atoms with Crippen LogP contribution >= 0.6 is 0 Å². The van der Waals surface area contributed by atoms with Gasteiger partial charge in [-0.25, -0.2) is 0 Å². The highest BCUT2D eigenvalue weighted by atomic mass is 16.7. The van der Waals surface area contributed by atoms with Crippen LogP contribution in [-0.4, -0.2) is 120 Å². The molecule has 17 nitrogen and oxygen atoms in total. The quantitative estimate of drug-likeness (QED) is 0.179. The lowest BCUT2D eigenvalue weighted by molar-refractivity contribution is -0.320. The van der Waals surface area contributed by atoms with Gasteiger partial charge in [-0.3, -0.25) is 14.4 Å². The molecule has 3 aromatic rings. The van der Waals surface area contributed by atoms with E-state index < -0.39 is 91.1 Å². The van der Waals surface area contributed by atoms with E-state index in [-0.39, 0.29) is 28.2 Å². The first kappa shape index (κ1) is 36.8. The van der Waals surface area contributed by atoms with Crippen LogP contribution in [0.3, 0.4) is 0 Å². The third-order valence-corrected chi connectivity index (χ3v) is 8.18. The maximum absolute atomic E-state index is 13.1. The number of benzene rings is 2. The van der Waals surface area contributed by atoms with E-state index in [4.69, 9.17) is 42.3 Å². The van der Waals surface area contributed by atoms with E-state index >= 15 is 0 Å². The minimum Gasteiger partial charge on any atom is -0.504 e. The molecule has 2 aliphatic rings. The van der Waals surface area contributed by atoms with E-state index in [9.17, 15) is 39.9 Å². The molecule has 0 saturated carbocycles. The summed E-state index contributed by atoms with van der Waals surface area (Å²) in [6.07, 6.45) is -15.2. The number of aliphatic hydroxyl groups is 4. The van der Waals surface area contributed by atoms with Crippen molar-refractivity contribution >= 4 is 22.9 Å². The smallest absolute Gasteiger partial charge is 0.303 e. The summed E-state index contributed by atoms with van der Waals surface area (Å²) in [5.41, 5.74) is -0.189. The molecule has 0 aliphatic carbocycles. The Labute approximate surface area is 284 Å². The van der Waals surface area contributed by atoms with Crippen molar-refractivity contribution in [3.05, 3.63) is 46.6 Å². The summed E-state index contributed by atoms with van der Waals surface area (Å²) in [4.78, 5) is 36.4. The molecule has 50 heavy (non-hydrogen) atoms. The summed E-state index contributed by atoms with van der Waals surface area (Å²) in [6.45, 7) is 3.17. The first-order valence-corrected chi connectivity index (χ1v) is 15.4. The molecular weight excluding hydrogens is 668 g/mol. The molecule has 0 unspecified atom stereocenters. The number of ether oxygens (including phenoxy) is 8. The lowest BCUT2D eigenvalue weighted by Gasteiger charge is -2.43. The largest absolute Gasteiger partial charge is 0.504 e. The first-order valence-electron chi connectivity index (χ1n) is 15.4. The predicted molar refractivity (Wildman–Crippen MR) is 167 cm³/mol. The number of phenols is 1. The molecule has 17 heteroatoms. The zero-order valence-corrected chi connectivity index (χ0v) is 27.6. The van der Waals surface area contributed by atoms with Crippen molar-refractivity contribution in [1.82, 2.24) is 0 Å². The van der Waals surface area contributed by atoms with Crippen molar-refractivity contribution in [3.63, 3.8) is 0 Å². The third-order valence-electron chi connectivity index (χ3n) is 8.18. The van der Waals surface area contributed by atoms with Gasteiger partial charge < -0.3 is 67.8 Å². The van der Waals surface area contributed by atoms with Crippen molar-refractivity contribution in [1.29, 1.82) is 0 Å². The summed E-state index contributed by atoms with van der Waals surface area (Å²) in [5.74, 6) is -1.96. The number of methoxy groups -OCH3 is 2. The van der Waals surface area contributed by atoms with Crippen LogP contribution < -0.4 is 19.6 Å². The van der Waals surface area contributed by atoms with E-state index in [0.29, 0.717) is 11.3 Å². The predicted octanol–water partition coefficient (Wildman–Crippen LogP) is 0.355. The molecule has 10 atom stereocenters. The summed E-state index contributed by atoms with van der Waals surface area (Å²) in [7, 11) is 2.70. The summed E-state index contributed by atoms with van der Waals surface area (Å²) in [6, 6.07) is 9.08. The second-order valence-corrected chi connectivity index (χ2v) is 11.6. The lowest BCUT2D eigenvalue weighted by atomic mass is 9.98. The van der Waals surface area contributed by atoms with Gasteiger partial charge in [0.2, 0.25) is 12.0 Å². The topological polar surface area (TPSA) is 239 Å². The van der Waals surface area contributed by atoms with Crippen LogP contribution in [0.25, 0.3) is 22.3 Å². The number of hydrogen-bond donors (Lipinski definition) is 5. The molecule has 1 aromatic heterocycles. The third kappa shape index (κ3) is 7.48. The zero-order chi connectivity index (χ0) is 36.4. The molecule has 0 spiro atoms. The van der Waals surface area contributed by atoms with Gasteiger partial charge in [-0.2, -0.15) is 0 Å². The number of hydrogen-bond acceptors (Lipinski definition) is 17. The molecule has 2 saturated heterocycles. The van der Waals surface area contributed by atoms with Crippen molar-refractivity contribution < 1.29 is 77.4 Å². The maximum Gasteiger partial charge on any atom is 0.303 e. The number of esters is 2. The Morgan fingerprint density at radius 2 is 1.48 bits per heavy atom. The molecule has 5 N–H and O–H groups in total. The number of phenolic OH excluding ortho intramolecular Hbond substituents is 1. The van der Waals surface area contributed by atoms with Crippen LogP contribution in [0.5, 0.6) is 23.0 Å². The molecule has 272 valence electrons. The second-order valence-electron chi connectivity index (χ2n) is 11.6. The zero-order valence-electron chi connectivity index (χ0n) is 27.6. The standard InChI is InChI=1S/C33H38O17/c1-13-29(46-14(2)34)31(47-15(3)35)28(41)32(45-13)44-12-22-24(37)26(39)27(40)33(50-22)49-21-11-20-23(25(38)30(21)43-5)18(36)10-19(48-20)16-6-8-17(42-4)9-7-16/h6-11,13,22,24,26-29,31-33,37-41H,12H2,1-5H3/t13-,22+,24+,26-,27+,28+,29-,31-,32+,33+/m0/s1. The lowest BCUT2D eigenvalue weighted by Crippen LogP contribution is -2.62. The van der Waals surface area contributed by atoms with Gasteiger partial charge in [0, 0.05) is 31.5 Å². The second kappa shape index (κ2) is 15.2. The van der Waals surface area contributed by atoms with Crippen LogP contribution in [0, 0.1) is 0 Å². The number of aromatic hydroxyl groups is 1. The van der Waals surface area contributed by atoms with E-state index in [1.807, 2.05) is 0 Å². The van der Waals surface area contributed by atoms with Crippen LogP contribution in [0.15, 0.2) is 45.6 Å². The van der Waals surface area contributed by atoms with Gasteiger partial charge in [-0.05, 0) is 31.2 Å². The highest BCUT2D eigenvalue weighted by Gasteiger charge is 2.50. The Kier molecular flexibility index (Phi) is 11.2. The van der Waals surface area contributed by atoms with Crippen LogP contribution in [0.4, 0.5) is 0 Å². The van der Waals surface area contributed by atoms with E-state index in [1.165, 1.54) is 33.3 Å². The average molecular weight is 707 g/mol. The van der Waals surface area contributed by atoms with E-state index in [2.05, 4.69) is 0 Å². The molecule has 2 aliphatic heterocycles. The van der Waals surface area contributed by atoms with Crippen molar-refractivity contribution in [3.8, 4) is 34.3 Å². The number of rotatable bonds is 10. The minimum absolute atomic E-state index is 0.116. The SMILES string of the molecule is COc1ccc(-c2cc(=O)c3c(O)c(OC)c(O[C@@H]4O[C@H](CO[C@@H]5O[C@@H](C)[C@H](OC(C)=O)[C@@H](OC(C)=O)[C@H]5O)[C@@H](O)[C@H](O)[C@H]4O)cc3o2)cc1. The Morgan fingerprint density at radius 1 is 0.820 bits per heavy atom. The van der Waals surface area contributed by atoms with Crippen molar-refractivity contribution in [2.45, 2.75) is 82.2 Å². The fraction of sp³-hybridized carbons (Fsp3) is 0.485. The van der Waals surface area contributed by atoms with Gasteiger partial charge in [0.25, 0.3) is 0 Å². The highest BCUT2D eigenvalue weighted by Crippen LogP contribution is 2.43. The Balaban J connectivity index is 1.38. The summed E-state index contributed by atoms with van der Waals surface area (Å²) >= 11 is 0. The van der Waals surface area contributed by atoms with Crippen molar-refractivity contribution in [2.75, 3.05) is 20.8 Å². The minimum atomic E-state index is -1.85. The van der Waals surface area contributed by atoms with Crippen molar-refractivity contribution in [2.24, 2.45) is 0 Å². The van der Waals surface area contributed by atoms with Gasteiger partial charge in [0.15, 0.2) is 35.4 Å². The Hall–Kier alpha value is -4.49. The fourth-order valence-electron chi connectivity index (χ4n) is 5.72. The number of aliphatic hydroxyl groups excluding tert-OH is 4. The van der Waals surface area contributed by atoms with Crippen LogP contribution in [0.2, 0.25) is 0 Å². The summed E-state index contributed by atoms with van der Waals surface area (Å²) in [5, 5.41) is 53.9. The van der Waals surface area contributed by atoms with Gasteiger partial charge in [0.05, 0.1) is 26.9 Å². The Bertz CT molecular complexity index is 1740. The van der Waals surface area contributed by atoms with Gasteiger partial charge >= 0.3 is 11.9 Å². The summed E-state index contributed by atoms with van der Waals surface area (Å²) < 4.78 is 49.7. The molecule has 0 amide bonds. The molecule has 5 rings (SSSR count). The van der Waals surface area contributed by atoms with Gasteiger partial charge in [-0.1, -0.05) is 0 Å². The maximum atomic E-state index is 13.1. The molecule has 2 fully saturated rings. The van der Waals surface area contributed by atoms with E-state index in [1.54, 1.807) is 24.3 Å².